The van der Waals surface area contributed by atoms with Gasteiger partial charge in [-0.1, -0.05) is 0 Å². The molecule has 0 atom stereocenters. The molecule has 1 aliphatic carbocycles. The molecule has 3 nitrogen and oxygen atoms in total. The van der Waals surface area contributed by atoms with Crippen molar-refractivity contribution in [2.24, 2.45) is 0 Å². The zero-order chi connectivity index (χ0) is 11.8. The molecule has 5 heteroatoms. The fraction of sp³-hybridized carbons (Fsp3) is 0.250. The van der Waals surface area contributed by atoms with E-state index in [-0.39, 0.29) is 11.6 Å². The first-order valence-corrected chi connectivity index (χ1v) is 6.20. The van der Waals surface area contributed by atoms with Crippen molar-refractivity contribution in [1.29, 1.82) is 0 Å². The van der Waals surface area contributed by atoms with Crippen molar-refractivity contribution in [2.45, 2.75) is 19.3 Å². The molecule has 17 heavy (non-hydrogen) atoms. The molecular formula is C12H9FN2OS. The number of carbonyl (C=O) groups is 1. The molecule has 0 N–H and O–H groups in total. The molecule has 0 fully saturated rings. The van der Waals surface area contributed by atoms with Gasteiger partial charge in [0.05, 0.1) is 11.9 Å². The zero-order valence-electron chi connectivity index (χ0n) is 8.94. The smallest absolute Gasteiger partial charge is 0.182 e. The van der Waals surface area contributed by atoms with E-state index in [1.54, 1.807) is 6.07 Å². The first kappa shape index (κ1) is 10.5. The van der Waals surface area contributed by atoms with Gasteiger partial charge in [-0.15, -0.1) is 11.3 Å². The van der Waals surface area contributed by atoms with Crippen molar-refractivity contribution in [3.8, 4) is 10.7 Å². The van der Waals surface area contributed by atoms with Gasteiger partial charge in [-0.25, -0.2) is 9.37 Å². The van der Waals surface area contributed by atoms with Gasteiger partial charge in [0.25, 0.3) is 0 Å². The van der Waals surface area contributed by atoms with E-state index in [9.17, 15) is 9.18 Å². The predicted molar refractivity (Wildman–Crippen MR) is 62.6 cm³/mol. The molecule has 86 valence electrons. The summed E-state index contributed by atoms with van der Waals surface area (Å²) in [5.41, 5.74) is 1.21. The molecule has 0 amide bonds. The number of fused-ring (bicyclic) bond motifs is 1. The van der Waals surface area contributed by atoms with Crippen LogP contribution in [0.2, 0.25) is 0 Å². The summed E-state index contributed by atoms with van der Waals surface area (Å²) in [6.45, 7) is 0. The van der Waals surface area contributed by atoms with Crippen molar-refractivity contribution in [2.75, 3.05) is 0 Å². The number of rotatable bonds is 1. The first-order valence-electron chi connectivity index (χ1n) is 5.39. The molecule has 0 unspecified atom stereocenters. The minimum absolute atomic E-state index is 0.107. The Labute approximate surface area is 101 Å². The van der Waals surface area contributed by atoms with Crippen LogP contribution in [0.5, 0.6) is 0 Å². The summed E-state index contributed by atoms with van der Waals surface area (Å²) >= 11 is 1.48. The van der Waals surface area contributed by atoms with Crippen molar-refractivity contribution >= 4 is 17.1 Å². The average molecular weight is 248 g/mol. The normalized spacial score (nSPS) is 14.8. The largest absolute Gasteiger partial charge is 0.292 e. The second kappa shape index (κ2) is 4.00. The number of ketones is 1. The molecule has 0 aromatic carbocycles. The number of hydrogen-bond acceptors (Lipinski definition) is 4. The highest BCUT2D eigenvalue weighted by molar-refractivity contribution is 7.15. The van der Waals surface area contributed by atoms with Gasteiger partial charge < -0.3 is 0 Å². The van der Waals surface area contributed by atoms with Gasteiger partial charge in [-0.3, -0.25) is 9.78 Å². The maximum atomic E-state index is 12.8. The van der Waals surface area contributed by atoms with E-state index in [0.29, 0.717) is 22.8 Å². The molecule has 3 rings (SSSR count). The monoisotopic (exact) mass is 248 g/mol. The molecule has 2 aromatic heterocycles. The van der Waals surface area contributed by atoms with E-state index < -0.39 is 0 Å². The number of carbonyl (C=O) groups excluding carboxylic acids is 1. The third-order valence-electron chi connectivity index (χ3n) is 2.72. The summed E-state index contributed by atoms with van der Waals surface area (Å²) in [4.78, 5) is 21.0. The van der Waals surface area contributed by atoms with E-state index in [1.807, 2.05) is 0 Å². The minimum Gasteiger partial charge on any atom is -0.292 e. The molecule has 0 spiro atoms. The van der Waals surface area contributed by atoms with Gasteiger partial charge in [0.2, 0.25) is 0 Å². The maximum Gasteiger partial charge on any atom is 0.182 e. The number of aryl methyl sites for hydroxylation is 1. The average Bonchev–Trinajstić information content (AvgIpc) is 2.75. The van der Waals surface area contributed by atoms with Crippen molar-refractivity contribution < 1.29 is 9.18 Å². The third-order valence-corrected chi connectivity index (χ3v) is 3.85. The molecule has 0 aliphatic heterocycles. The number of hydrogen-bond donors (Lipinski definition) is 0. The van der Waals surface area contributed by atoms with E-state index in [2.05, 4.69) is 9.97 Å². The van der Waals surface area contributed by atoms with Gasteiger partial charge >= 0.3 is 0 Å². The second-order valence-corrected chi connectivity index (χ2v) is 5.01. The lowest BCUT2D eigenvalue weighted by Crippen LogP contribution is -2.08. The fourth-order valence-electron chi connectivity index (χ4n) is 1.88. The molecule has 2 aromatic rings. The molecule has 0 saturated heterocycles. The van der Waals surface area contributed by atoms with Gasteiger partial charge in [0.1, 0.15) is 16.5 Å². The van der Waals surface area contributed by atoms with Crippen LogP contribution in [0.15, 0.2) is 18.3 Å². The van der Waals surface area contributed by atoms with Gasteiger partial charge in [0, 0.05) is 11.3 Å². The lowest BCUT2D eigenvalue weighted by Gasteiger charge is -2.06. The third kappa shape index (κ3) is 1.86. The van der Waals surface area contributed by atoms with Crippen LogP contribution in [-0.2, 0) is 6.42 Å². The van der Waals surface area contributed by atoms with Crippen molar-refractivity contribution in [3.63, 3.8) is 0 Å². The predicted octanol–water partition coefficient (Wildman–Crippen LogP) is 2.86. The molecule has 0 bridgehead atoms. The zero-order valence-corrected chi connectivity index (χ0v) is 9.76. The molecular weight excluding hydrogens is 239 g/mol. The summed E-state index contributed by atoms with van der Waals surface area (Å²) in [6.07, 6.45) is 3.54. The highest BCUT2D eigenvalue weighted by Gasteiger charge is 2.22. The summed E-state index contributed by atoms with van der Waals surface area (Å²) in [5.74, 6) is -0.262. The van der Waals surface area contributed by atoms with Crippen LogP contribution in [0.1, 0.15) is 28.2 Å². The highest BCUT2D eigenvalue weighted by Crippen LogP contribution is 2.31. The molecule has 0 saturated carbocycles. The van der Waals surface area contributed by atoms with Gasteiger partial charge in [0.15, 0.2) is 5.78 Å². The van der Waals surface area contributed by atoms with Gasteiger partial charge in [-0.2, -0.15) is 0 Å². The first-order chi connectivity index (χ1) is 8.24. The van der Waals surface area contributed by atoms with Crippen LogP contribution >= 0.6 is 11.3 Å². The number of pyridine rings is 1. The summed E-state index contributed by atoms with van der Waals surface area (Å²) in [6, 6.07) is 2.94. The Morgan fingerprint density at radius 2 is 2.18 bits per heavy atom. The summed E-state index contributed by atoms with van der Waals surface area (Å²) in [5, 5.41) is 0.699. The van der Waals surface area contributed by atoms with Crippen LogP contribution in [-0.4, -0.2) is 15.8 Å². The van der Waals surface area contributed by atoms with Crippen LogP contribution < -0.4 is 0 Å². The number of halogens is 1. The molecule has 2 heterocycles. The van der Waals surface area contributed by atoms with Gasteiger partial charge in [-0.05, 0) is 25.0 Å². The fourth-order valence-corrected chi connectivity index (χ4v) is 2.98. The SMILES string of the molecule is O=C1CCCc2sc(-c3ccc(F)cn3)nc21. The lowest BCUT2D eigenvalue weighted by molar-refractivity contribution is 0.0968. The Balaban J connectivity index is 2.05. The van der Waals surface area contributed by atoms with Crippen LogP contribution in [0.3, 0.4) is 0 Å². The van der Waals surface area contributed by atoms with Crippen molar-refractivity contribution in [3.05, 3.63) is 34.7 Å². The number of thiazole rings is 1. The van der Waals surface area contributed by atoms with E-state index >= 15 is 0 Å². The Bertz CT molecular complexity index is 577. The molecule has 1 aliphatic rings. The number of aromatic nitrogens is 2. The van der Waals surface area contributed by atoms with E-state index in [0.717, 1.165) is 23.9 Å². The topological polar surface area (TPSA) is 42.9 Å². The van der Waals surface area contributed by atoms with Crippen LogP contribution in [0.25, 0.3) is 10.7 Å². The quantitative estimate of drug-likeness (QED) is 0.779. The lowest BCUT2D eigenvalue weighted by atomic mass is 10.0. The Kier molecular flexibility index (Phi) is 2.48. The second-order valence-electron chi connectivity index (χ2n) is 3.93. The number of Topliss-reactive ketones (excluding diaryl/α,β-unsaturated/α-hetero) is 1. The maximum absolute atomic E-state index is 12.8. The van der Waals surface area contributed by atoms with Crippen LogP contribution in [0.4, 0.5) is 4.39 Å². The Morgan fingerprint density at radius 1 is 1.29 bits per heavy atom. The standard InChI is InChI=1S/C12H9FN2OS/c13-7-4-5-8(14-6-7)12-15-11-9(16)2-1-3-10(11)17-12/h4-6H,1-3H2. The highest BCUT2D eigenvalue weighted by atomic mass is 32.1. The summed E-state index contributed by atoms with van der Waals surface area (Å²) in [7, 11) is 0. The minimum atomic E-state index is -0.369. The van der Waals surface area contributed by atoms with E-state index in [4.69, 9.17) is 0 Å². The summed E-state index contributed by atoms with van der Waals surface area (Å²) < 4.78 is 12.8. The Morgan fingerprint density at radius 3 is 2.88 bits per heavy atom. The van der Waals surface area contributed by atoms with Crippen LogP contribution in [0, 0.1) is 5.82 Å². The molecule has 0 radical (unpaired) electrons. The number of nitrogens with zero attached hydrogens (tertiary/aromatic N) is 2. The van der Waals surface area contributed by atoms with E-state index in [1.165, 1.54) is 17.4 Å². The Hall–Kier alpha value is -1.62. The van der Waals surface area contributed by atoms with Crippen molar-refractivity contribution in [1.82, 2.24) is 9.97 Å².